The summed E-state index contributed by atoms with van der Waals surface area (Å²) in [5.74, 6) is 0.849. The fourth-order valence-corrected chi connectivity index (χ4v) is 3.94. The van der Waals surface area contributed by atoms with Gasteiger partial charge in [0, 0.05) is 9.50 Å². The molecule has 2 aromatic rings. The summed E-state index contributed by atoms with van der Waals surface area (Å²) in [7, 11) is 0. The van der Waals surface area contributed by atoms with Gasteiger partial charge in [-0.05, 0) is 53.7 Å². The highest BCUT2D eigenvalue weighted by Gasteiger charge is 2.36. The van der Waals surface area contributed by atoms with Gasteiger partial charge in [-0.2, -0.15) is 0 Å². The Morgan fingerprint density at radius 1 is 1.16 bits per heavy atom. The van der Waals surface area contributed by atoms with Crippen LogP contribution in [0.3, 0.4) is 0 Å². The van der Waals surface area contributed by atoms with E-state index >= 15 is 0 Å². The van der Waals surface area contributed by atoms with Crippen LogP contribution in [0.2, 0.25) is 5.02 Å². The van der Waals surface area contributed by atoms with E-state index in [0.717, 1.165) is 26.7 Å². The molecule has 4 rings (SSSR count). The Bertz CT molecular complexity index is 946. The minimum absolute atomic E-state index is 0.163. The zero-order chi connectivity index (χ0) is 17.6. The average Bonchev–Trinajstić information content (AvgIpc) is 3.12. The van der Waals surface area contributed by atoms with E-state index in [-0.39, 0.29) is 17.9 Å². The van der Waals surface area contributed by atoms with Crippen LogP contribution < -0.4 is 14.4 Å². The van der Waals surface area contributed by atoms with Crippen LogP contribution >= 0.6 is 39.3 Å². The number of thioether (sulfide) groups is 1. The Morgan fingerprint density at radius 2 is 1.92 bits per heavy atom. The number of hydrogen-bond acceptors (Lipinski definition) is 5. The number of fused-ring (bicyclic) bond motifs is 1. The first kappa shape index (κ1) is 16.5. The van der Waals surface area contributed by atoms with Gasteiger partial charge in [-0.15, -0.1) is 0 Å². The van der Waals surface area contributed by atoms with Crippen LogP contribution in [-0.4, -0.2) is 17.9 Å². The number of halogens is 2. The molecular weight excluding hydrogens is 430 g/mol. The molecule has 2 amide bonds. The molecule has 1 saturated heterocycles. The highest BCUT2D eigenvalue weighted by atomic mass is 79.9. The molecule has 0 spiro atoms. The molecule has 2 aliphatic heterocycles. The Morgan fingerprint density at radius 3 is 2.68 bits per heavy atom. The van der Waals surface area contributed by atoms with Crippen molar-refractivity contribution in [1.29, 1.82) is 0 Å². The third-order valence-electron chi connectivity index (χ3n) is 3.64. The number of anilines is 1. The number of benzene rings is 2. The Kier molecular flexibility index (Phi) is 4.23. The largest absolute Gasteiger partial charge is 0.454 e. The van der Waals surface area contributed by atoms with E-state index in [1.807, 2.05) is 0 Å². The molecule has 0 N–H and O–H groups in total. The molecule has 2 heterocycles. The molecule has 0 unspecified atom stereocenters. The van der Waals surface area contributed by atoms with Crippen LogP contribution in [0.25, 0.3) is 6.08 Å². The fraction of sp³-hybridized carbons (Fsp3) is 0.0588. The second-order valence-electron chi connectivity index (χ2n) is 5.22. The van der Waals surface area contributed by atoms with Gasteiger partial charge in [0.1, 0.15) is 0 Å². The topological polar surface area (TPSA) is 55.8 Å². The fourth-order valence-electron chi connectivity index (χ4n) is 2.49. The van der Waals surface area contributed by atoms with Gasteiger partial charge >= 0.3 is 0 Å². The van der Waals surface area contributed by atoms with Crippen molar-refractivity contribution in [3.63, 3.8) is 0 Å². The molecule has 1 fully saturated rings. The summed E-state index contributed by atoms with van der Waals surface area (Å²) in [5, 5.41) is 0.0921. The third kappa shape index (κ3) is 3.03. The molecule has 2 aromatic carbocycles. The van der Waals surface area contributed by atoms with E-state index in [1.165, 1.54) is 0 Å². The van der Waals surface area contributed by atoms with Crippen LogP contribution in [-0.2, 0) is 4.79 Å². The van der Waals surface area contributed by atoms with Crippen LogP contribution in [0.5, 0.6) is 11.5 Å². The maximum absolute atomic E-state index is 12.7. The summed E-state index contributed by atoms with van der Waals surface area (Å²) >= 11 is 10.3. The predicted molar refractivity (Wildman–Crippen MR) is 100 cm³/mol. The van der Waals surface area contributed by atoms with Gasteiger partial charge in [-0.3, -0.25) is 9.59 Å². The van der Waals surface area contributed by atoms with Crippen molar-refractivity contribution in [1.82, 2.24) is 0 Å². The Balaban J connectivity index is 1.69. The van der Waals surface area contributed by atoms with Crippen molar-refractivity contribution in [3.05, 3.63) is 56.4 Å². The maximum Gasteiger partial charge on any atom is 0.298 e. The summed E-state index contributed by atoms with van der Waals surface area (Å²) in [4.78, 5) is 26.4. The smallest absolute Gasteiger partial charge is 0.298 e. The molecule has 5 nitrogen and oxygen atoms in total. The van der Waals surface area contributed by atoms with Crippen molar-refractivity contribution in [3.8, 4) is 11.5 Å². The van der Waals surface area contributed by atoms with E-state index in [9.17, 15) is 9.59 Å². The lowest BCUT2D eigenvalue weighted by molar-refractivity contribution is -0.113. The zero-order valence-corrected chi connectivity index (χ0v) is 15.7. The molecule has 0 bridgehead atoms. The number of carbonyl (C=O) groups excluding carboxylic acids is 2. The minimum atomic E-state index is -0.387. The number of amides is 2. The predicted octanol–water partition coefficient (Wildman–Crippen LogP) is 5.07. The molecule has 2 aliphatic rings. The second kappa shape index (κ2) is 6.40. The summed E-state index contributed by atoms with van der Waals surface area (Å²) < 4.78 is 11.4. The summed E-state index contributed by atoms with van der Waals surface area (Å²) in [5.41, 5.74) is 1.17. The molecule has 126 valence electrons. The highest BCUT2D eigenvalue weighted by Crippen LogP contribution is 2.41. The van der Waals surface area contributed by atoms with E-state index in [2.05, 4.69) is 15.9 Å². The number of carbonyl (C=O) groups is 2. The standard InChI is InChI=1S/C17H9BrClNO4S/c18-12-7-14-13(23-8-24-14)4-9(12)5-15-16(21)20(17(22)25-15)11-3-1-2-10(19)6-11/h1-7H,8H2/b15-5-. The lowest BCUT2D eigenvalue weighted by Crippen LogP contribution is -2.27. The molecule has 0 radical (unpaired) electrons. The van der Waals surface area contributed by atoms with Crippen molar-refractivity contribution < 1.29 is 19.1 Å². The number of hydrogen-bond donors (Lipinski definition) is 0. The highest BCUT2D eigenvalue weighted by molar-refractivity contribution is 9.10. The quantitative estimate of drug-likeness (QED) is 0.613. The molecule has 0 aromatic heterocycles. The number of rotatable bonds is 2. The number of imide groups is 1. The average molecular weight is 439 g/mol. The second-order valence-corrected chi connectivity index (χ2v) is 7.51. The number of ether oxygens (including phenoxy) is 2. The summed E-state index contributed by atoms with van der Waals surface area (Å²) in [6.45, 7) is 0.163. The van der Waals surface area contributed by atoms with Crippen LogP contribution in [0.1, 0.15) is 5.56 Å². The molecular formula is C17H9BrClNO4S. The van der Waals surface area contributed by atoms with Crippen LogP contribution in [0, 0.1) is 0 Å². The van der Waals surface area contributed by atoms with E-state index in [4.69, 9.17) is 21.1 Å². The van der Waals surface area contributed by atoms with E-state index < -0.39 is 0 Å². The monoisotopic (exact) mass is 437 g/mol. The minimum Gasteiger partial charge on any atom is -0.454 e. The number of nitrogens with zero attached hydrogens (tertiary/aromatic N) is 1. The summed E-state index contributed by atoms with van der Waals surface area (Å²) in [6, 6.07) is 10.2. The SMILES string of the molecule is O=C1S/C(=C\c2cc3c(cc2Br)OCO3)C(=O)N1c1cccc(Cl)c1. The van der Waals surface area contributed by atoms with Crippen molar-refractivity contribution >= 4 is 62.2 Å². The first-order chi connectivity index (χ1) is 12.0. The van der Waals surface area contributed by atoms with E-state index in [0.29, 0.717) is 27.1 Å². The van der Waals surface area contributed by atoms with Gasteiger partial charge in [0.25, 0.3) is 11.1 Å². The van der Waals surface area contributed by atoms with Gasteiger partial charge in [-0.1, -0.05) is 33.6 Å². The summed E-state index contributed by atoms with van der Waals surface area (Å²) in [6.07, 6.45) is 1.65. The third-order valence-corrected chi connectivity index (χ3v) is 5.43. The zero-order valence-electron chi connectivity index (χ0n) is 12.5. The van der Waals surface area contributed by atoms with Crippen LogP contribution in [0.4, 0.5) is 10.5 Å². The van der Waals surface area contributed by atoms with Gasteiger partial charge in [0.2, 0.25) is 6.79 Å². The van der Waals surface area contributed by atoms with Crippen molar-refractivity contribution in [2.24, 2.45) is 0 Å². The van der Waals surface area contributed by atoms with Crippen molar-refractivity contribution in [2.45, 2.75) is 0 Å². The van der Waals surface area contributed by atoms with Gasteiger partial charge in [0.05, 0.1) is 10.6 Å². The lowest BCUT2D eigenvalue weighted by atomic mass is 10.2. The van der Waals surface area contributed by atoms with Crippen LogP contribution in [0.15, 0.2) is 45.8 Å². The molecule has 0 aliphatic carbocycles. The van der Waals surface area contributed by atoms with Gasteiger partial charge < -0.3 is 9.47 Å². The molecule has 25 heavy (non-hydrogen) atoms. The lowest BCUT2D eigenvalue weighted by Gasteiger charge is -2.12. The molecule has 8 heteroatoms. The first-order valence-electron chi connectivity index (χ1n) is 7.15. The van der Waals surface area contributed by atoms with Gasteiger partial charge in [0.15, 0.2) is 11.5 Å². The molecule has 0 atom stereocenters. The normalized spacial score (nSPS) is 17.7. The Labute approximate surface area is 160 Å². The first-order valence-corrected chi connectivity index (χ1v) is 9.14. The maximum atomic E-state index is 12.7. The van der Waals surface area contributed by atoms with Gasteiger partial charge in [-0.25, -0.2) is 4.90 Å². The van der Waals surface area contributed by atoms with E-state index in [1.54, 1.807) is 42.5 Å². The van der Waals surface area contributed by atoms with Crippen molar-refractivity contribution in [2.75, 3.05) is 11.7 Å². The molecule has 0 saturated carbocycles. The Hall–Kier alpha value is -1.96.